The third-order valence-corrected chi connectivity index (χ3v) is 0. The molecule has 2 N–H and O–H groups in total. The van der Waals surface area contributed by atoms with Crippen molar-refractivity contribution < 1.29 is 9.11 Å². The Hall–Kier alpha value is 0.490. The molecular weight excluding hydrogens is 96.1 g/mol. The van der Waals surface area contributed by atoms with Crippen molar-refractivity contribution in [3.8, 4) is 0 Å². The zero-order valence-electron chi connectivity index (χ0n) is 1.71. The van der Waals surface area contributed by atoms with Crippen LogP contribution in [0.5, 0.6) is 0 Å². The second-order valence-corrected chi connectivity index (χ2v) is 1.59. The maximum absolute atomic E-state index is 7.45. The average Bonchev–Trinajstić information content (AvgIpc) is 0.811. The minimum atomic E-state index is -1.78. The Balaban J connectivity index is 2.80. The van der Waals surface area contributed by atoms with E-state index in [1.54, 1.807) is 0 Å². The predicted molar refractivity (Wildman–Crippen MR) is 20.0 cm³/mol. The minimum absolute atomic E-state index is 1.78. The predicted octanol–water partition coefficient (Wildman–Crippen LogP) is 0.0126. The quantitative estimate of drug-likeness (QED) is 0.448. The van der Waals surface area contributed by atoms with Gasteiger partial charge >= 0.3 is 0 Å². The van der Waals surface area contributed by atoms with E-state index in [1.807, 2.05) is 0 Å². The summed E-state index contributed by atoms with van der Waals surface area (Å²) >= 11 is 3.76. The lowest BCUT2D eigenvalue weighted by molar-refractivity contribution is 0.529. The van der Waals surface area contributed by atoms with Crippen molar-refractivity contribution in [3.05, 3.63) is 0 Å². The smallest absolute Gasteiger partial charge is 0.143 e. The van der Waals surface area contributed by atoms with Crippen molar-refractivity contribution in [3.63, 3.8) is 0 Å². The van der Waals surface area contributed by atoms with Gasteiger partial charge in [0.05, 0.1) is 0 Å². The molecule has 2 nitrogen and oxygen atoms in total. The van der Waals surface area contributed by atoms with Crippen LogP contribution in [0.1, 0.15) is 0 Å². The van der Waals surface area contributed by atoms with Crippen molar-refractivity contribution >= 4 is 21.2 Å². The molecule has 0 spiro atoms. The standard InChI is InChI=1S/H2O2S2/c1-4(2)3/h(H2,1,2,3). The fourth-order valence-corrected chi connectivity index (χ4v) is 0. The van der Waals surface area contributed by atoms with E-state index in [4.69, 9.17) is 9.11 Å². The summed E-state index contributed by atoms with van der Waals surface area (Å²) in [6.45, 7) is 0. The van der Waals surface area contributed by atoms with E-state index >= 15 is 0 Å². The topological polar surface area (TPSA) is 40.5 Å². The first-order chi connectivity index (χ1) is 1.73. The monoisotopic (exact) mass is 97.9 g/mol. The fraction of sp³-hybridized carbons (Fsp3) is 0. The Morgan fingerprint density at radius 3 is 1.50 bits per heavy atom. The summed E-state index contributed by atoms with van der Waals surface area (Å²) < 4.78 is 14.9. The molecule has 0 fully saturated rings. The van der Waals surface area contributed by atoms with E-state index in [1.165, 1.54) is 0 Å². The van der Waals surface area contributed by atoms with Gasteiger partial charge < -0.3 is 9.11 Å². The normalized spacial score (nSPS) is 8.75. The molecule has 0 aliphatic rings. The van der Waals surface area contributed by atoms with Gasteiger partial charge in [0.2, 0.25) is 0 Å². The third-order valence-electron chi connectivity index (χ3n) is 0. The molecule has 0 aromatic carbocycles. The van der Waals surface area contributed by atoms with Gasteiger partial charge in [-0.3, -0.25) is 0 Å². The molecule has 0 aromatic heterocycles. The molecule has 0 saturated heterocycles. The van der Waals surface area contributed by atoms with Crippen molar-refractivity contribution in [1.82, 2.24) is 0 Å². The van der Waals surface area contributed by atoms with Crippen LogP contribution in [0.15, 0.2) is 0 Å². The van der Waals surface area contributed by atoms with Crippen LogP contribution in [0.4, 0.5) is 0 Å². The molecule has 0 aliphatic heterocycles. The van der Waals surface area contributed by atoms with Crippen molar-refractivity contribution in [2.24, 2.45) is 0 Å². The van der Waals surface area contributed by atoms with Crippen LogP contribution in [0.2, 0.25) is 0 Å². The van der Waals surface area contributed by atoms with E-state index in [9.17, 15) is 0 Å². The summed E-state index contributed by atoms with van der Waals surface area (Å²) in [6.07, 6.45) is 0. The van der Waals surface area contributed by atoms with Crippen LogP contribution in [0, 0.1) is 0 Å². The van der Waals surface area contributed by atoms with Crippen LogP contribution < -0.4 is 0 Å². The minimum Gasteiger partial charge on any atom is -0.306 e. The highest BCUT2D eigenvalue weighted by Crippen LogP contribution is 1.47. The number of hydrogen-bond donors (Lipinski definition) is 2. The highest BCUT2D eigenvalue weighted by atomic mass is 32.8. The van der Waals surface area contributed by atoms with Gasteiger partial charge in [-0.25, -0.2) is 0 Å². The van der Waals surface area contributed by atoms with Gasteiger partial charge in [0.25, 0.3) is 0 Å². The van der Waals surface area contributed by atoms with Crippen LogP contribution in [0.25, 0.3) is 0 Å². The second-order valence-electron chi connectivity index (χ2n) is 0.231. The lowest BCUT2D eigenvalue weighted by atomic mass is 15.9. The third kappa shape index (κ3) is 23.0. The van der Waals surface area contributed by atoms with Crippen molar-refractivity contribution in [2.75, 3.05) is 0 Å². The Morgan fingerprint density at radius 2 is 1.50 bits per heavy atom. The molecule has 0 heterocycles. The van der Waals surface area contributed by atoms with E-state index in [0.29, 0.717) is 0 Å². The maximum atomic E-state index is 7.45. The van der Waals surface area contributed by atoms with Crippen LogP contribution in [-0.4, -0.2) is 9.11 Å². The fourth-order valence-electron chi connectivity index (χ4n) is 0. The molecule has 0 atom stereocenters. The number of hydrogen-bond acceptors (Lipinski definition) is 1. The maximum Gasteiger partial charge on any atom is 0.143 e. The van der Waals surface area contributed by atoms with E-state index in [2.05, 4.69) is 11.2 Å². The summed E-state index contributed by atoms with van der Waals surface area (Å²) in [5.41, 5.74) is 0. The highest BCUT2D eigenvalue weighted by Gasteiger charge is 1.55. The van der Waals surface area contributed by atoms with Gasteiger partial charge in [0, 0.05) is 11.2 Å². The van der Waals surface area contributed by atoms with Gasteiger partial charge in [-0.1, -0.05) is 0 Å². The van der Waals surface area contributed by atoms with Crippen molar-refractivity contribution in [1.29, 1.82) is 0 Å². The summed E-state index contributed by atoms with van der Waals surface area (Å²) in [4.78, 5) is 0. The SMILES string of the molecule is OS(O)=S. The molecule has 0 aromatic rings. The summed E-state index contributed by atoms with van der Waals surface area (Å²) in [5, 5.41) is 0. The first-order valence-corrected chi connectivity index (χ1v) is 2.60. The molecule has 0 radical (unpaired) electrons. The molecule has 26 valence electrons. The van der Waals surface area contributed by atoms with Gasteiger partial charge in [-0.05, 0) is 0 Å². The summed E-state index contributed by atoms with van der Waals surface area (Å²) in [5.74, 6) is 0. The summed E-state index contributed by atoms with van der Waals surface area (Å²) in [7, 11) is -1.78. The Labute approximate surface area is 31.1 Å². The first-order valence-electron chi connectivity index (χ1n) is 0.532. The number of rotatable bonds is 0. The van der Waals surface area contributed by atoms with Crippen molar-refractivity contribution in [2.45, 2.75) is 0 Å². The first kappa shape index (κ1) is 4.49. The van der Waals surface area contributed by atoms with Gasteiger partial charge in [-0.15, -0.1) is 0 Å². The van der Waals surface area contributed by atoms with E-state index in [-0.39, 0.29) is 0 Å². The largest absolute Gasteiger partial charge is 0.306 e. The zero-order chi connectivity index (χ0) is 3.58. The lowest BCUT2D eigenvalue weighted by Gasteiger charge is -1.65. The van der Waals surface area contributed by atoms with Gasteiger partial charge in [0.1, 0.15) is 10.0 Å². The zero-order valence-corrected chi connectivity index (χ0v) is 3.34. The lowest BCUT2D eigenvalue weighted by Crippen LogP contribution is -1.71. The van der Waals surface area contributed by atoms with E-state index < -0.39 is 10.0 Å². The molecule has 0 unspecified atom stereocenters. The second kappa shape index (κ2) is 1.78. The molecule has 4 heavy (non-hydrogen) atoms. The molecular formula is H2O2S2. The van der Waals surface area contributed by atoms with Gasteiger partial charge in [-0.2, -0.15) is 0 Å². The van der Waals surface area contributed by atoms with E-state index in [0.717, 1.165) is 0 Å². The van der Waals surface area contributed by atoms with Crippen LogP contribution >= 0.6 is 0 Å². The Bertz CT molecular complexity index is 27.0. The molecule has 0 saturated carbocycles. The molecule has 0 aliphatic carbocycles. The molecule has 0 amide bonds. The van der Waals surface area contributed by atoms with Gasteiger partial charge in [0.15, 0.2) is 0 Å². The molecule has 0 bridgehead atoms. The highest BCUT2D eigenvalue weighted by molar-refractivity contribution is 8.22. The molecule has 0 rings (SSSR count). The van der Waals surface area contributed by atoms with Crippen LogP contribution in [-0.2, 0) is 21.2 Å². The summed E-state index contributed by atoms with van der Waals surface area (Å²) in [6, 6.07) is 0. The Kier molecular flexibility index (Phi) is 1.99. The van der Waals surface area contributed by atoms with Crippen LogP contribution in [0.3, 0.4) is 0 Å². The Morgan fingerprint density at radius 1 is 1.50 bits per heavy atom. The molecule has 4 heteroatoms. The average molecular weight is 98.1 g/mol.